The fourth-order valence-electron chi connectivity index (χ4n) is 1.83. The van der Waals surface area contributed by atoms with Gasteiger partial charge in [-0.25, -0.2) is 8.78 Å². The Bertz CT molecular complexity index is 525. The van der Waals surface area contributed by atoms with Crippen molar-refractivity contribution in [3.63, 3.8) is 0 Å². The lowest BCUT2D eigenvalue weighted by Gasteiger charge is -2.05. The van der Waals surface area contributed by atoms with E-state index in [2.05, 4.69) is 22.4 Å². The Labute approximate surface area is 121 Å². The second-order valence-corrected chi connectivity index (χ2v) is 5.37. The van der Waals surface area contributed by atoms with E-state index in [9.17, 15) is 8.78 Å². The van der Waals surface area contributed by atoms with Gasteiger partial charge in [0.25, 0.3) is 0 Å². The molecule has 0 bridgehead atoms. The third-order valence-electron chi connectivity index (χ3n) is 2.80. The minimum Gasteiger partial charge on any atom is -0.313 e. The molecule has 1 heterocycles. The predicted octanol–water partition coefficient (Wildman–Crippen LogP) is 3.54. The summed E-state index contributed by atoms with van der Waals surface area (Å²) in [7, 11) is 0. The number of nitrogens with one attached hydrogen (secondary N) is 2. The molecule has 2 N–H and O–H groups in total. The molecule has 1 aromatic heterocycles. The highest BCUT2D eigenvalue weighted by Crippen LogP contribution is 2.26. The molecule has 0 spiro atoms. The van der Waals surface area contributed by atoms with Crippen LogP contribution >= 0.6 is 11.8 Å². The fourth-order valence-corrected chi connectivity index (χ4v) is 2.48. The van der Waals surface area contributed by atoms with Gasteiger partial charge in [0.1, 0.15) is 0 Å². The Balaban J connectivity index is 2.07. The second kappa shape index (κ2) is 7.40. The van der Waals surface area contributed by atoms with Crippen molar-refractivity contribution in [2.75, 3.05) is 12.3 Å². The molecule has 108 valence electrons. The number of hydrogen-bond acceptors (Lipinski definition) is 3. The summed E-state index contributed by atoms with van der Waals surface area (Å²) in [4.78, 5) is 0.849. The number of H-pyrrole nitrogens is 1. The first-order chi connectivity index (χ1) is 9.70. The molecule has 0 aliphatic rings. The van der Waals surface area contributed by atoms with Crippen molar-refractivity contribution in [2.45, 2.75) is 24.8 Å². The summed E-state index contributed by atoms with van der Waals surface area (Å²) in [5.41, 5.74) is 3.08. The van der Waals surface area contributed by atoms with E-state index < -0.39 is 6.43 Å². The summed E-state index contributed by atoms with van der Waals surface area (Å²) in [6.45, 7) is 3.70. The Morgan fingerprint density at radius 2 is 2.05 bits per heavy atom. The molecule has 0 aliphatic heterocycles. The third-order valence-corrected chi connectivity index (χ3v) is 3.83. The van der Waals surface area contributed by atoms with Gasteiger partial charge in [0.15, 0.2) is 0 Å². The van der Waals surface area contributed by atoms with Crippen LogP contribution in [0, 0.1) is 0 Å². The highest BCUT2D eigenvalue weighted by atomic mass is 32.2. The van der Waals surface area contributed by atoms with E-state index in [1.54, 1.807) is 6.20 Å². The maximum atomic E-state index is 12.2. The average Bonchev–Trinajstić information content (AvgIpc) is 2.91. The SMILES string of the molecule is CCNCc1cn[nH]c1-c1ccc(SCC(F)F)cc1. The van der Waals surface area contributed by atoms with E-state index >= 15 is 0 Å². The zero-order chi connectivity index (χ0) is 14.4. The normalized spacial score (nSPS) is 11.2. The first kappa shape index (κ1) is 15.0. The molecule has 0 fully saturated rings. The molecule has 0 unspecified atom stereocenters. The van der Waals surface area contributed by atoms with Gasteiger partial charge in [-0.05, 0) is 24.2 Å². The molecular weight excluding hydrogens is 280 g/mol. The van der Waals surface area contributed by atoms with Crippen molar-refractivity contribution in [3.05, 3.63) is 36.0 Å². The van der Waals surface area contributed by atoms with Gasteiger partial charge < -0.3 is 5.32 Å². The standard InChI is InChI=1S/C14H17F2N3S/c1-2-17-7-11-8-18-19-14(11)10-3-5-12(6-4-10)20-9-13(15)16/h3-6,8,13,17H,2,7,9H2,1H3,(H,18,19). The number of benzene rings is 1. The number of rotatable bonds is 7. The Kier molecular flexibility index (Phi) is 5.55. The summed E-state index contributed by atoms with van der Waals surface area (Å²) < 4.78 is 24.3. The monoisotopic (exact) mass is 297 g/mol. The quantitative estimate of drug-likeness (QED) is 0.768. The van der Waals surface area contributed by atoms with E-state index in [1.807, 2.05) is 24.3 Å². The highest BCUT2D eigenvalue weighted by molar-refractivity contribution is 7.99. The molecule has 0 saturated heterocycles. The summed E-state index contributed by atoms with van der Waals surface area (Å²) >= 11 is 1.16. The van der Waals surface area contributed by atoms with E-state index in [0.717, 1.165) is 46.6 Å². The number of aromatic amines is 1. The Morgan fingerprint density at radius 1 is 1.30 bits per heavy atom. The number of aromatic nitrogens is 2. The van der Waals surface area contributed by atoms with Crippen LogP contribution in [0.15, 0.2) is 35.4 Å². The van der Waals surface area contributed by atoms with Crippen LogP contribution in [0.25, 0.3) is 11.3 Å². The van der Waals surface area contributed by atoms with Crippen molar-refractivity contribution in [1.82, 2.24) is 15.5 Å². The smallest absolute Gasteiger partial charge is 0.247 e. The van der Waals surface area contributed by atoms with Crippen LogP contribution in [0.3, 0.4) is 0 Å². The highest BCUT2D eigenvalue weighted by Gasteiger charge is 2.08. The third kappa shape index (κ3) is 4.05. The molecule has 3 nitrogen and oxygen atoms in total. The lowest BCUT2D eigenvalue weighted by Crippen LogP contribution is -2.11. The molecule has 2 aromatic rings. The first-order valence-corrected chi connectivity index (χ1v) is 7.43. The molecule has 0 saturated carbocycles. The molecular formula is C14H17F2N3S. The van der Waals surface area contributed by atoms with Crippen LogP contribution in [0.2, 0.25) is 0 Å². The largest absolute Gasteiger partial charge is 0.313 e. The average molecular weight is 297 g/mol. The second-order valence-electron chi connectivity index (χ2n) is 4.28. The van der Waals surface area contributed by atoms with Crippen LogP contribution in [0.1, 0.15) is 12.5 Å². The number of thioether (sulfide) groups is 1. The minimum absolute atomic E-state index is 0.172. The molecule has 20 heavy (non-hydrogen) atoms. The number of alkyl halides is 2. The van der Waals surface area contributed by atoms with Crippen molar-refractivity contribution < 1.29 is 8.78 Å². The Hall–Kier alpha value is -1.40. The van der Waals surface area contributed by atoms with Gasteiger partial charge in [0.2, 0.25) is 6.43 Å². The number of halogens is 2. The maximum Gasteiger partial charge on any atom is 0.247 e. The number of nitrogens with zero attached hydrogens (tertiary/aromatic N) is 1. The van der Waals surface area contributed by atoms with E-state index in [1.165, 1.54) is 0 Å². The summed E-state index contributed by atoms with van der Waals surface area (Å²) in [5, 5.41) is 10.3. The molecule has 0 radical (unpaired) electrons. The van der Waals surface area contributed by atoms with Gasteiger partial charge in [-0.1, -0.05) is 19.1 Å². The summed E-state index contributed by atoms with van der Waals surface area (Å²) in [6.07, 6.45) is -0.476. The van der Waals surface area contributed by atoms with Gasteiger partial charge in [0, 0.05) is 17.0 Å². The van der Waals surface area contributed by atoms with Crippen molar-refractivity contribution in [1.29, 1.82) is 0 Å². The first-order valence-electron chi connectivity index (χ1n) is 6.45. The van der Waals surface area contributed by atoms with Crippen LogP contribution in [0.5, 0.6) is 0 Å². The summed E-state index contributed by atoms with van der Waals surface area (Å²) in [5.74, 6) is -0.172. The molecule has 0 atom stereocenters. The molecule has 2 rings (SSSR count). The van der Waals surface area contributed by atoms with Crippen molar-refractivity contribution in [2.24, 2.45) is 0 Å². The van der Waals surface area contributed by atoms with Crippen LogP contribution in [0.4, 0.5) is 8.78 Å². The van der Waals surface area contributed by atoms with Gasteiger partial charge in [0.05, 0.1) is 17.6 Å². The molecule has 0 aliphatic carbocycles. The minimum atomic E-state index is -2.28. The molecule has 1 aromatic carbocycles. The van der Waals surface area contributed by atoms with E-state index in [0.29, 0.717) is 0 Å². The molecule has 0 amide bonds. The zero-order valence-electron chi connectivity index (χ0n) is 11.2. The zero-order valence-corrected chi connectivity index (χ0v) is 12.0. The Morgan fingerprint density at radius 3 is 2.70 bits per heavy atom. The maximum absolute atomic E-state index is 12.2. The van der Waals surface area contributed by atoms with Gasteiger partial charge >= 0.3 is 0 Å². The topological polar surface area (TPSA) is 40.7 Å². The summed E-state index contributed by atoms with van der Waals surface area (Å²) in [6, 6.07) is 7.58. The van der Waals surface area contributed by atoms with Crippen LogP contribution < -0.4 is 5.32 Å². The van der Waals surface area contributed by atoms with Crippen LogP contribution in [-0.4, -0.2) is 28.9 Å². The number of hydrogen-bond donors (Lipinski definition) is 2. The molecule has 6 heteroatoms. The van der Waals surface area contributed by atoms with Crippen LogP contribution in [-0.2, 0) is 6.54 Å². The van der Waals surface area contributed by atoms with Crippen molar-refractivity contribution in [3.8, 4) is 11.3 Å². The van der Waals surface area contributed by atoms with E-state index in [4.69, 9.17) is 0 Å². The lowest BCUT2D eigenvalue weighted by atomic mass is 10.1. The fraction of sp³-hybridized carbons (Fsp3) is 0.357. The van der Waals surface area contributed by atoms with Gasteiger partial charge in [-0.2, -0.15) is 5.10 Å². The predicted molar refractivity (Wildman–Crippen MR) is 78.1 cm³/mol. The van der Waals surface area contributed by atoms with E-state index in [-0.39, 0.29) is 5.75 Å². The van der Waals surface area contributed by atoms with Gasteiger partial charge in [-0.15, -0.1) is 11.8 Å². The van der Waals surface area contributed by atoms with Gasteiger partial charge in [-0.3, -0.25) is 5.10 Å². The lowest BCUT2D eigenvalue weighted by molar-refractivity contribution is 0.177. The van der Waals surface area contributed by atoms with Crippen molar-refractivity contribution >= 4 is 11.8 Å².